The Labute approximate surface area is 111 Å². The number of nitrogens with zero attached hydrogens (tertiary/aromatic N) is 2. The van der Waals surface area contributed by atoms with Crippen LogP contribution < -0.4 is 5.32 Å². The summed E-state index contributed by atoms with van der Waals surface area (Å²) in [6.45, 7) is 10.1. The Kier molecular flexibility index (Phi) is 3.98. The van der Waals surface area contributed by atoms with Crippen LogP contribution in [0.1, 0.15) is 58.6 Å². The van der Waals surface area contributed by atoms with E-state index in [1.165, 1.54) is 25.7 Å². The van der Waals surface area contributed by atoms with Crippen LogP contribution in [0.15, 0.2) is 6.20 Å². The van der Waals surface area contributed by atoms with Crippen molar-refractivity contribution in [1.29, 1.82) is 0 Å². The zero-order valence-corrected chi connectivity index (χ0v) is 12.3. The Morgan fingerprint density at radius 2 is 2.22 bits per heavy atom. The third kappa shape index (κ3) is 2.88. The van der Waals surface area contributed by atoms with Gasteiger partial charge in [0.15, 0.2) is 0 Å². The number of anilines is 1. The molecule has 1 N–H and O–H groups in total. The summed E-state index contributed by atoms with van der Waals surface area (Å²) >= 11 is 0. The molecule has 3 heteroatoms. The molecule has 3 nitrogen and oxygen atoms in total. The lowest BCUT2D eigenvalue weighted by atomic mass is 9.73. The Hall–Kier alpha value is -0.990. The average Bonchev–Trinajstić information content (AvgIpc) is 2.63. The van der Waals surface area contributed by atoms with E-state index in [1.54, 1.807) is 0 Å². The van der Waals surface area contributed by atoms with Crippen LogP contribution in [0.25, 0.3) is 0 Å². The van der Waals surface area contributed by atoms with Gasteiger partial charge in [-0.2, -0.15) is 0 Å². The van der Waals surface area contributed by atoms with Crippen LogP contribution in [0.5, 0.6) is 0 Å². The quantitative estimate of drug-likeness (QED) is 0.874. The minimum atomic E-state index is 0.384. The summed E-state index contributed by atoms with van der Waals surface area (Å²) in [5.41, 5.74) is 1.49. The first-order chi connectivity index (χ1) is 8.53. The van der Waals surface area contributed by atoms with E-state index in [9.17, 15) is 0 Å². The van der Waals surface area contributed by atoms with Crippen LogP contribution in [0.2, 0.25) is 0 Å². The third-order valence-corrected chi connectivity index (χ3v) is 4.17. The maximum absolute atomic E-state index is 4.64. The fourth-order valence-corrected chi connectivity index (χ4v) is 2.99. The number of aromatic nitrogens is 2. The second kappa shape index (κ2) is 5.33. The maximum atomic E-state index is 4.64. The fraction of sp³-hybridized carbons (Fsp3) is 0.800. The Morgan fingerprint density at radius 3 is 2.89 bits per heavy atom. The van der Waals surface area contributed by atoms with Crippen molar-refractivity contribution < 1.29 is 0 Å². The third-order valence-electron chi connectivity index (χ3n) is 4.17. The highest BCUT2D eigenvalue weighted by Crippen LogP contribution is 2.37. The molecule has 0 amide bonds. The zero-order chi connectivity index (χ0) is 13.2. The highest BCUT2D eigenvalue weighted by molar-refractivity contribution is 5.31. The Balaban J connectivity index is 2.12. The number of aryl methyl sites for hydroxylation is 2. The molecular weight excluding hydrogens is 222 g/mol. The van der Waals surface area contributed by atoms with Crippen molar-refractivity contribution in [3.8, 4) is 0 Å². The molecule has 1 aromatic rings. The average molecular weight is 249 g/mol. The fourth-order valence-electron chi connectivity index (χ4n) is 2.99. The highest BCUT2D eigenvalue weighted by atomic mass is 15.2. The summed E-state index contributed by atoms with van der Waals surface area (Å²) in [7, 11) is 0. The largest absolute Gasteiger partial charge is 0.352 e. The van der Waals surface area contributed by atoms with Gasteiger partial charge in [0.2, 0.25) is 5.95 Å². The van der Waals surface area contributed by atoms with E-state index in [4.69, 9.17) is 0 Å². The van der Waals surface area contributed by atoms with Gasteiger partial charge >= 0.3 is 0 Å². The molecule has 102 valence electrons. The predicted molar refractivity (Wildman–Crippen MR) is 76.9 cm³/mol. The van der Waals surface area contributed by atoms with Gasteiger partial charge in [-0.15, -0.1) is 0 Å². The van der Waals surface area contributed by atoms with Crippen molar-refractivity contribution in [2.24, 2.45) is 5.41 Å². The molecule has 0 aliphatic heterocycles. The maximum Gasteiger partial charge on any atom is 0.203 e. The van der Waals surface area contributed by atoms with Crippen molar-refractivity contribution in [1.82, 2.24) is 9.55 Å². The van der Waals surface area contributed by atoms with E-state index in [0.29, 0.717) is 11.5 Å². The van der Waals surface area contributed by atoms with Crippen LogP contribution in [0, 0.1) is 12.3 Å². The van der Waals surface area contributed by atoms with E-state index in [1.807, 2.05) is 0 Å². The molecule has 0 aromatic carbocycles. The molecule has 1 aromatic heterocycles. The molecule has 1 unspecified atom stereocenters. The molecule has 18 heavy (non-hydrogen) atoms. The first-order valence-electron chi connectivity index (χ1n) is 7.33. The SMILES string of the molecule is CCCn1cc(C)nc1NC1CCCCC1(C)C. The summed E-state index contributed by atoms with van der Waals surface area (Å²) in [6, 6.07) is 0.559. The summed E-state index contributed by atoms with van der Waals surface area (Å²) in [6.07, 6.45) is 8.60. The molecule has 1 heterocycles. The summed E-state index contributed by atoms with van der Waals surface area (Å²) < 4.78 is 2.26. The number of hydrogen-bond acceptors (Lipinski definition) is 2. The molecule has 1 aliphatic carbocycles. The summed E-state index contributed by atoms with van der Waals surface area (Å²) in [5, 5.41) is 3.70. The molecule has 0 spiro atoms. The van der Waals surface area contributed by atoms with Crippen molar-refractivity contribution in [2.45, 2.75) is 72.4 Å². The second-order valence-electron chi connectivity index (χ2n) is 6.33. The van der Waals surface area contributed by atoms with Crippen molar-refractivity contribution in [3.63, 3.8) is 0 Å². The molecule has 1 fully saturated rings. The number of imidazole rings is 1. The highest BCUT2D eigenvalue weighted by Gasteiger charge is 2.32. The predicted octanol–water partition coefficient (Wildman–Crippen LogP) is 3.98. The van der Waals surface area contributed by atoms with Crippen molar-refractivity contribution in [2.75, 3.05) is 5.32 Å². The number of nitrogens with one attached hydrogen (secondary N) is 1. The van der Waals surface area contributed by atoms with Gasteiger partial charge in [0.25, 0.3) is 0 Å². The molecule has 2 rings (SSSR count). The lowest BCUT2D eigenvalue weighted by Gasteiger charge is -2.39. The molecule has 1 saturated carbocycles. The van der Waals surface area contributed by atoms with Crippen LogP contribution in [0.3, 0.4) is 0 Å². The molecule has 1 aliphatic rings. The van der Waals surface area contributed by atoms with Crippen LogP contribution >= 0.6 is 0 Å². The van der Waals surface area contributed by atoms with Gasteiger partial charge in [-0.25, -0.2) is 4.98 Å². The van der Waals surface area contributed by atoms with E-state index in [-0.39, 0.29) is 0 Å². The van der Waals surface area contributed by atoms with Gasteiger partial charge in [0, 0.05) is 18.8 Å². The van der Waals surface area contributed by atoms with Gasteiger partial charge in [-0.1, -0.05) is 33.6 Å². The van der Waals surface area contributed by atoms with Gasteiger partial charge in [0.05, 0.1) is 5.69 Å². The number of hydrogen-bond donors (Lipinski definition) is 1. The smallest absolute Gasteiger partial charge is 0.203 e. The molecule has 1 atom stereocenters. The lowest BCUT2D eigenvalue weighted by Crippen LogP contribution is -2.39. The zero-order valence-electron chi connectivity index (χ0n) is 12.3. The van der Waals surface area contributed by atoms with Crippen LogP contribution in [0.4, 0.5) is 5.95 Å². The van der Waals surface area contributed by atoms with Gasteiger partial charge in [-0.05, 0) is 31.6 Å². The van der Waals surface area contributed by atoms with Crippen molar-refractivity contribution in [3.05, 3.63) is 11.9 Å². The standard InChI is InChI=1S/C15H27N3/c1-5-10-18-11-12(2)16-14(18)17-13-8-6-7-9-15(13,3)4/h11,13H,5-10H2,1-4H3,(H,16,17). The van der Waals surface area contributed by atoms with Crippen molar-refractivity contribution >= 4 is 5.95 Å². The van der Waals surface area contributed by atoms with E-state index in [0.717, 1.165) is 24.6 Å². The lowest BCUT2D eigenvalue weighted by molar-refractivity contribution is 0.216. The van der Waals surface area contributed by atoms with Gasteiger partial charge in [0.1, 0.15) is 0 Å². The normalized spacial score (nSPS) is 23.0. The molecular formula is C15H27N3. The topological polar surface area (TPSA) is 29.9 Å². The Morgan fingerprint density at radius 1 is 1.44 bits per heavy atom. The number of rotatable bonds is 4. The molecule has 0 bridgehead atoms. The van der Waals surface area contributed by atoms with Gasteiger partial charge in [-0.3, -0.25) is 0 Å². The summed E-state index contributed by atoms with van der Waals surface area (Å²) in [4.78, 5) is 4.64. The van der Waals surface area contributed by atoms with E-state index in [2.05, 4.69) is 48.8 Å². The van der Waals surface area contributed by atoms with Crippen LogP contribution in [-0.2, 0) is 6.54 Å². The molecule has 0 saturated heterocycles. The first kappa shape index (κ1) is 13.4. The van der Waals surface area contributed by atoms with Gasteiger partial charge < -0.3 is 9.88 Å². The first-order valence-corrected chi connectivity index (χ1v) is 7.33. The van der Waals surface area contributed by atoms with Crippen LogP contribution in [-0.4, -0.2) is 15.6 Å². The molecule has 0 radical (unpaired) electrons. The van der Waals surface area contributed by atoms with E-state index < -0.39 is 0 Å². The minimum Gasteiger partial charge on any atom is -0.352 e. The second-order valence-corrected chi connectivity index (χ2v) is 6.33. The summed E-state index contributed by atoms with van der Waals surface area (Å²) in [5.74, 6) is 1.06. The monoisotopic (exact) mass is 249 g/mol. The minimum absolute atomic E-state index is 0.384. The van der Waals surface area contributed by atoms with E-state index >= 15 is 0 Å². The Bertz CT molecular complexity index is 392.